The number of pyridine rings is 1. The number of halogens is 2. The number of morpholine rings is 1. The SMILES string of the molecule is O=C(Nc1ccc(N2CCOCC2)cn1)c1ccc(F)cc1F. The van der Waals surface area contributed by atoms with Gasteiger partial charge in [-0.3, -0.25) is 4.79 Å². The van der Waals surface area contributed by atoms with Crippen molar-refractivity contribution in [3.05, 3.63) is 53.7 Å². The number of nitrogens with zero attached hydrogens (tertiary/aromatic N) is 2. The molecule has 0 spiro atoms. The molecule has 0 aliphatic carbocycles. The maximum Gasteiger partial charge on any atom is 0.259 e. The number of hydrogen-bond acceptors (Lipinski definition) is 4. The Kier molecular flexibility index (Phi) is 4.47. The number of rotatable bonds is 3. The maximum absolute atomic E-state index is 13.6. The Morgan fingerprint density at radius 3 is 2.61 bits per heavy atom. The first-order valence-electron chi connectivity index (χ1n) is 7.18. The van der Waals surface area contributed by atoms with Crippen molar-refractivity contribution in [1.29, 1.82) is 0 Å². The van der Waals surface area contributed by atoms with Crippen molar-refractivity contribution in [3.63, 3.8) is 0 Å². The Balaban J connectivity index is 1.69. The lowest BCUT2D eigenvalue weighted by Crippen LogP contribution is -2.36. The summed E-state index contributed by atoms with van der Waals surface area (Å²) in [5, 5.41) is 2.49. The average molecular weight is 319 g/mol. The number of ether oxygens (including phenoxy) is 1. The summed E-state index contributed by atoms with van der Waals surface area (Å²) in [7, 11) is 0. The molecule has 0 radical (unpaired) electrons. The number of benzene rings is 1. The van der Waals surface area contributed by atoms with Crippen molar-refractivity contribution in [1.82, 2.24) is 4.98 Å². The van der Waals surface area contributed by atoms with Crippen LogP contribution in [0.3, 0.4) is 0 Å². The standard InChI is InChI=1S/C16H15F2N3O2/c17-11-1-3-13(14(18)9-11)16(22)20-15-4-2-12(10-19-15)21-5-7-23-8-6-21/h1-4,9-10H,5-8H2,(H,19,20,22). The number of carbonyl (C=O) groups is 1. The third kappa shape index (κ3) is 3.62. The molecule has 2 aromatic rings. The number of aromatic nitrogens is 1. The molecule has 1 aliphatic rings. The van der Waals surface area contributed by atoms with E-state index in [0.29, 0.717) is 25.1 Å². The fourth-order valence-corrected chi connectivity index (χ4v) is 2.33. The lowest BCUT2D eigenvalue weighted by atomic mass is 10.2. The summed E-state index contributed by atoms with van der Waals surface area (Å²) in [6.45, 7) is 2.91. The zero-order valence-corrected chi connectivity index (χ0v) is 12.3. The second-order valence-electron chi connectivity index (χ2n) is 5.08. The van der Waals surface area contributed by atoms with Crippen LogP contribution in [0.25, 0.3) is 0 Å². The van der Waals surface area contributed by atoms with Gasteiger partial charge in [0.2, 0.25) is 0 Å². The molecule has 0 bridgehead atoms. The summed E-state index contributed by atoms with van der Waals surface area (Å²) in [6, 6.07) is 6.28. The number of carbonyl (C=O) groups excluding carboxylic acids is 1. The van der Waals surface area contributed by atoms with Gasteiger partial charge in [0.15, 0.2) is 0 Å². The Hall–Kier alpha value is -2.54. The molecule has 0 saturated carbocycles. The van der Waals surface area contributed by atoms with Crippen LogP contribution in [0.4, 0.5) is 20.3 Å². The minimum atomic E-state index is -0.910. The third-order valence-corrected chi connectivity index (χ3v) is 3.54. The van der Waals surface area contributed by atoms with Gasteiger partial charge < -0.3 is 15.0 Å². The number of hydrogen-bond donors (Lipinski definition) is 1. The predicted molar refractivity (Wildman–Crippen MR) is 81.6 cm³/mol. The molecule has 1 aromatic carbocycles. The van der Waals surface area contributed by atoms with Gasteiger partial charge in [-0.25, -0.2) is 13.8 Å². The molecule has 23 heavy (non-hydrogen) atoms. The van der Waals surface area contributed by atoms with E-state index >= 15 is 0 Å². The molecule has 1 amide bonds. The highest BCUT2D eigenvalue weighted by Gasteiger charge is 2.14. The van der Waals surface area contributed by atoms with E-state index in [2.05, 4.69) is 15.2 Å². The first-order valence-corrected chi connectivity index (χ1v) is 7.18. The first kappa shape index (κ1) is 15.4. The highest BCUT2D eigenvalue weighted by molar-refractivity contribution is 6.03. The third-order valence-electron chi connectivity index (χ3n) is 3.54. The van der Waals surface area contributed by atoms with Crippen molar-refractivity contribution in [2.75, 3.05) is 36.5 Å². The lowest BCUT2D eigenvalue weighted by molar-refractivity contribution is 0.102. The largest absolute Gasteiger partial charge is 0.378 e. The molecular formula is C16H15F2N3O2. The molecular weight excluding hydrogens is 304 g/mol. The van der Waals surface area contributed by atoms with Gasteiger partial charge in [-0.15, -0.1) is 0 Å². The number of nitrogens with one attached hydrogen (secondary N) is 1. The van der Waals surface area contributed by atoms with Crippen molar-refractivity contribution >= 4 is 17.4 Å². The minimum Gasteiger partial charge on any atom is -0.378 e. The summed E-state index contributed by atoms with van der Waals surface area (Å²) in [5.41, 5.74) is 0.699. The Bertz CT molecular complexity index is 701. The Morgan fingerprint density at radius 1 is 1.17 bits per heavy atom. The molecule has 1 N–H and O–H groups in total. The summed E-state index contributed by atoms with van der Waals surface area (Å²) < 4.78 is 31.7. The van der Waals surface area contributed by atoms with Gasteiger partial charge >= 0.3 is 0 Å². The van der Waals surface area contributed by atoms with Gasteiger partial charge in [-0.2, -0.15) is 0 Å². The van der Waals surface area contributed by atoms with E-state index in [-0.39, 0.29) is 5.56 Å². The van der Waals surface area contributed by atoms with Crippen molar-refractivity contribution in [3.8, 4) is 0 Å². The van der Waals surface area contributed by atoms with E-state index in [0.717, 1.165) is 30.9 Å². The van der Waals surface area contributed by atoms with Crippen LogP contribution >= 0.6 is 0 Å². The molecule has 7 heteroatoms. The van der Waals surface area contributed by atoms with Gasteiger partial charge in [0.1, 0.15) is 17.5 Å². The second kappa shape index (κ2) is 6.70. The maximum atomic E-state index is 13.6. The number of amides is 1. The van der Waals surface area contributed by atoms with Crippen LogP contribution < -0.4 is 10.2 Å². The summed E-state index contributed by atoms with van der Waals surface area (Å²) in [4.78, 5) is 18.3. The van der Waals surface area contributed by atoms with E-state index in [1.807, 2.05) is 6.07 Å². The normalized spacial score (nSPS) is 14.6. The number of anilines is 2. The highest BCUT2D eigenvalue weighted by atomic mass is 19.1. The molecule has 5 nitrogen and oxygen atoms in total. The smallest absolute Gasteiger partial charge is 0.259 e. The average Bonchev–Trinajstić information content (AvgIpc) is 2.56. The summed E-state index contributed by atoms with van der Waals surface area (Å²) >= 11 is 0. The Labute approximate surface area is 131 Å². The summed E-state index contributed by atoms with van der Waals surface area (Å²) in [5.74, 6) is -2.01. The van der Waals surface area contributed by atoms with Crippen LogP contribution in [0.2, 0.25) is 0 Å². The summed E-state index contributed by atoms with van der Waals surface area (Å²) in [6.07, 6.45) is 1.64. The van der Waals surface area contributed by atoms with E-state index in [9.17, 15) is 13.6 Å². The fourth-order valence-electron chi connectivity index (χ4n) is 2.33. The predicted octanol–water partition coefficient (Wildman–Crippen LogP) is 2.45. The molecule has 120 valence electrons. The van der Waals surface area contributed by atoms with E-state index in [1.54, 1.807) is 12.3 Å². The lowest BCUT2D eigenvalue weighted by Gasteiger charge is -2.28. The van der Waals surface area contributed by atoms with E-state index in [1.165, 1.54) is 0 Å². The second-order valence-corrected chi connectivity index (χ2v) is 5.08. The monoisotopic (exact) mass is 319 g/mol. The zero-order chi connectivity index (χ0) is 16.2. The van der Waals surface area contributed by atoms with Gasteiger partial charge in [-0.1, -0.05) is 0 Å². The van der Waals surface area contributed by atoms with E-state index in [4.69, 9.17) is 4.74 Å². The molecule has 1 fully saturated rings. The molecule has 1 aliphatic heterocycles. The van der Waals surface area contributed by atoms with Gasteiger partial charge in [0.25, 0.3) is 5.91 Å². The van der Waals surface area contributed by atoms with Gasteiger partial charge in [0.05, 0.1) is 30.7 Å². The van der Waals surface area contributed by atoms with Crippen LogP contribution in [-0.2, 0) is 4.74 Å². The van der Waals surface area contributed by atoms with Crippen LogP contribution in [0, 0.1) is 11.6 Å². The van der Waals surface area contributed by atoms with Gasteiger partial charge in [-0.05, 0) is 24.3 Å². The topological polar surface area (TPSA) is 54.5 Å². The van der Waals surface area contributed by atoms with Gasteiger partial charge in [0, 0.05) is 19.2 Å². The quantitative estimate of drug-likeness (QED) is 0.944. The molecule has 1 aromatic heterocycles. The molecule has 3 rings (SSSR count). The van der Waals surface area contributed by atoms with Crippen LogP contribution in [0.15, 0.2) is 36.5 Å². The highest BCUT2D eigenvalue weighted by Crippen LogP contribution is 2.17. The van der Waals surface area contributed by atoms with Crippen LogP contribution in [0.5, 0.6) is 0 Å². The van der Waals surface area contributed by atoms with Crippen LogP contribution in [0.1, 0.15) is 10.4 Å². The van der Waals surface area contributed by atoms with Crippen LogP contribution in [-0.4, -0.2) is 37.2 Å². The zero-order valence-electron chi connectivity index (χ0n) is 12.3. The minimum absolute atomic E-state index is 0.231. The fraction of sp³-hybridized carbons (Fsp3) is 0.250. The van der Waals surface area contributed by atoms with Crippen molar-refractivity contribution in [2.45, 2.75) is 0 Å². The molecule has 0 atom stereocenters. The Morgan fingerprint density at radius 2 is 1.96 bits per heavy atom. The van der Waals surface area contributed by atoms with E-state index < -0.39 is 17.5 Å². The first-order chi connectivity index (χ1) is 11.1. The molecule has 2 heterocycles. The molecule has 0 unspecified atom stereocenters. The van der Waals surface area contributed by atoms with Crippen molar-refractivity contribution < 1.29 is 18.3 Å². The van der Waals surface area contributed by atoms with Crippen molar-refractivity contribution in [2.24, 2.45) is 0 Å². The molecule has 1 saturated heterocycles.